The van der Waals surface area contributed by atoms with E-state index >= 15 is 0 Å². The third-order valence-corrected chi connectivity index (χ3v) is 3.65. The van der Waals surface area contributed by atoms with Gasteiger partial charge in [-0.25, -0.2) is 0 Å². The minimum absolute atomic E-state index is 0.796. The van der Waals surface area contributed by atoms with Gasteiger partial charge in [-0.2, -0.15) is 5.10 Å². The SMILES string of the molecule is Brc1ccccc1CNc1ccc2[nH]ncc2c1. The Morgan fingerprint density at radius 3 is 2.94 bits per heavy atom. The third-order valence-electron chi connectivity index (χ3n) is 2.88. The molecule has 3 rings (SSSR count). The van der Waals surface area contributed by atoms with Gasteiger partial charge in [-0.1, -0.05) is 34.1 Å². The molecule has 3 nitrogen and oxygen atoms in total. The Labute approximate surface area is 113 Å². The number of hydrogen-bond donors (Lipinski definition) is 2. The average molecular weight is 302 g/mol. The number of benzene rings is 2. The second-order valence-corrected chi connectivity index (χ2v) is 4.97. The fourth-order valence-electron chi connectivity index (χ4n) is 1.89. The van der Waals surface area contributed by atoms with Crippen LogP contribution in [0.15, 0.2) is 53.1 Å². The average Bonchev–Trinajstić information content (AvgIpc) is 2.85. The first-order valence-corrected chi connectivity index (χ1v) is 6.52. The number of nitrogens with one attached hydrogen (secondary N) is 2. The van der Waals surface area contributed by atoms with Crippen molar-refractivity contribution in [2.75, 3.05) is 5.32 Å². The third kappa shape index (κ3) is 2.24. The molecule has 0 aliphatic rings. The highest BCUT2D eigenvalue weighted by Gasteiger charge is 2.00. The Bertz CT molecular complexity index is 675. The molecule has 0 spiro atoms. The van der Waals surface area contributed by atoms with Crippen molar-refractivity contribution < 1.29 is 0 Å². The van der Waals surface area contributed by atoms with Crippen LogP contribution in [0.5, 0.6) is 0 Å². The van der Waals surface area contributed by atoms with Crippen molar-refractivity contribution in [3.05, 3.63) is 58.7 Å². The summed E-state index contributed by atoms with van der Waals surface area (Å²) in [5.41, 5.74) is 3.39. The molecule has 0 aliphatic carbocycles. The largest absolute Gasteiger partial charge is 0.381 e. The number of fused-ring (bicyclic) bond motifs is 1. The van der Waals surface area contributed by atoms with E-state index in [1.165, 1.54) is 5.56 Å². The maximum atomic E-state index is 4.01. The van der Waals surface area contributed by atoms with E-state index in [0.717, 1.165) is 27.6 Å². The molecular weight excluding hydrogens is 290 g/mol. The first-order chi connectivity index (χ1) is 8.83. The quantitative estimate of drug-likeness (QED) is 0.769. The topological polar surface area (TPSA) is 40.7 Å². The summed E-state index contributed by atoms with van der Waals surface area (Å²) >= 11 is 3.55. The van der Waals surface area contributed by atoms with E-state index in [0.29, 0.717) is 0 Å². The molecule has 0 saturated carbocycles. The molecule has 0 atom stereocenters. The highest BCUT2D eigenvalue weighted by atomic mass is 79.9. The van der Waals surface area contributed by atoms with Gasteiger partial charge in [0.25, 0.3) is 0 Å². The maximum absolute atomic E-state index is 4.01. The van der Waals surface area contributed by atoms with Gasteiger partial charge in [0.05, 0.1) is 11.7 Å². The number of aromatic amines is 1. The number of aromatic nitrogens is 2. The molecule has 0 radical (unpaired) electrons. The molecule has 0 bridgehead atoms. The predicted octanol–water partition coefficient (Wildman–Crippen LogP) is 3.94. The zero-order valence-electron chi connectivity index (χ0n) is 9.65. The van der Waals surface area contributed by atoms with Crippen LogP contribution in [0.2, 0.25) is 0 Å². The van der Waals surface area contributed by atoms with Crippen molar-refractivity contribution in [2.45, 2.75) is 6.54 Å². The molecule has 1 heterocycles. The zero-order chi connectivity index (χ0) is 12.4. The zero-order valence-corrected chi connectivity index (χ0v) is 11.2. The fourth-order valence-corrected chi connectivity index (χ4v) is 2.32. The molecule has 0 saturated heterocycles. The molecule has 2 aromatic carbocycles. The second-order valence-electron chi connectivity index (χ2n) is 4.12. The van der Waals surface area contributed by atoms with E-state index in [-0.39, 0.29) is 0 Å². The van der Waals surface area contributed by atoms with E-state index < -0.39 is 0 Å². The summed E-state index contributed by atoms with van der Waals surface area (Å²) in [5.74, 6) is 0. The monoisotopic (exact) mass is 301 g/mol. The predicted molar refractivity (Wildman–Crippen MR) is 77.6 cm³/mol. The van der Waals surface area contributed by atoms with Crippen LogP contribution in [0, 0.1) is 0 Å². The van der Waals surface area contributed by atoms with Crippen molar-refractivity contribution in [3.63, 3.8) is 0 Å². The van der Waals surface area contributed by atoms with Gasteiger partial charge < -0.3 is 5.32 Å². The van der Waals surface area contributed by atoms with Gasteiger partial charge in [0.1, 0.15) is 0 Å². The van der Waals surface area contributed by atoms with Crippen molar-refractivity contribution >= 4 is 32.5 Å². The van der Waals surface area contributed by atoms with Gasteiger partial charge in [-0.05, 0) is 29.8 Å². The molecule has 2 N–H and O–H groups in total. The van der Waals surface area contributed by atoms with E-state index in [2.05, 4.69) is 55.7 Å². The van der Waals surface area contributed by atoms with Gasteiger partial charge in [0, 0.05) is 22.1 Å². The Balaban J connectivity index is 1.78. The molecule has 0 fully saturated rings. The van der Waals surface area contributed by atoms with Crippen LogP contribution in [-0.2, 0) is 6.54 Å². The standard InChI is InChI=1S/C14H12BrN3/c15-13-4-2-1-3-10(13)8-16-12-5-6-14-11(7-12)9-17-18-14/h1-7,9,16H,8H2,(H,17,18). The van der Waals surface area contributed by atoms with Crippen LogP contribution in [0.25, 0.3) is 10.9 Å². The number of halogens is 1. The highest BCUT2D eigenvalue weighted by Crippen LogP contribution is 2.20. The minimum Gasteiger partial charge on any atom is -0.381 e. The Hall–Kier alpha value is -1.81. The Kier molecular flexibility index (Phi) is 3.02. The molecule has 90 valence electrons. The summed E-state index contributed by atoms with van der Waals surface area (Å²) in [5, 5.41) is 11.5. The summed E-state index contributed by atoms with van der Waals surface area (Å²) in [7, 11) is 0. The van der Waals surface area contributed by atoms with Crippen molar-refractivity contribution in [2.24, 2.45) is 0 Å². The van der Waals surface area contributed by atoms with Crippen LogP contribution in [-0.4, -0.2) is 10.2 Å². The van der Waals surface area contributed by atoms with Crippen LogP contribution in [0.1, 0.15) is 5.56 Å². The van der Waals surface area contributed by atoms with Crippen molar-refractivity contribution in [1.29, 1.82) is 0 Å². The Morgan fingerprint density at radius 2 is 2.06 bits per heavy atom. The normalized spacial score (nSPS) is 10.7. The number of hydrogen-bond acceptors (Lipinski definition) is 2. The van der Waals surface area contributed by atoms with Crippen LogP contribution in [0.3, 0.4) is 0 Å². The van der Waals surface area contributed by atoms with Gasteiger partial charge in [0.2, 0.25) is 0 Å². The van der Waals surface area contributed by atoms with E-state index in [1.807, 2.05) is 24.4 Å². The Morgan fingerprint density at radius 1 is 1.17 bits per heavy atom. The molecule has 0 aliphatic heterocycles. The summed E-state index contributed by atoms with van der Waals surface area (Å²) < 4.78 is 1.13. The molecule has 0 unspecified atom stereocenters. The lowest BCUT2D eigenvalue weighted by Gasteiger charge is -2.08. The smallest absolute Gasteiger partial charge is 0.0651 e. The molecule has 18 heavy (non-hydrogen) atoms. The fraction of sp³-hybridized carbons (Fsp3) is 0.0714. The lowest BCUT2D eigenvalue weighted by atomic mass is 10.2. The summed E-state index contributed by atoms with van der Waals surface area (Å²) in [6, 6.07) is 14.4. The second kappa shape index (κ2) is 4.82. The first kappa shape index (κ1) is 11.3. The van der Waals surface area contributed by atoms with Crippen molar-refractivity contribution in [3.8, 4) is 0 Å². The summed E-state index contributed by atoms with van der Waals surface area (Å²) in [6.45, 7) is 0.796. The van der Waals surface area contributed by atoms with E-state index in [9.17, 15) is 0 Å². The lowest BCUT2D eigenvalue weighted by Crippen LogP contribution is -1.99. The molecule has 1 aromatic heterocycles. The van der Waals surface area contributed by atoms with Gasteiger partial charge >= 0.3 is 0 Å². The lowest BCUT2D eigenvalue weighted by molar-refractivity contribution is 1.12. The molecular formula is C14H12BrN3. The van der Waals surface area contributed by atoms with Crippen LogP contribution < -0.4 is 5.32 Å². The van der Waals surface area contributed by atoms with E-state index in [1.54, 1.807) is 0 Å². The van der Waals surface area contributed by atoms with Gasteiger partial charge in [0.15, 0.2) is 0 Å². The van der Waals surface area contributed by atoms with E-state index in [4.69, 9.17) is 0 Å². The summed E-state index contributed by atoms with van der Waals surface area (Å²) in [6.07, 6.45) is 1.83. The minimum atomic E-state index is 0.796. The van der Waals surface area contributed by atoms with Gasteiger partial charge in [-0.3, -0.25) is 5.10 Å². The number of anilines is 1. The first-order valence-electron chi connectivity index (χ1n) is 5.73. The molecule has 0 amide bonds. The van der Waals surface area contributed by atoms with Gasteiger partial charge in [-0.15, -0.1) is 0 Å². The van der Waals surface area contributed by atoms with Crippen LogP contribution >= 0.6 is 15.9 Å². The number of rotatable bonds is 3. The molecule has 4 heteroatoms. The summed E-state index contributed by atoms with van der Waals surface area (Å²) in [4.78, 5) is 0. The van der Waals surface area contributed by atoms with Crippen molar-refractivity contribution in [1.82, 2.24) is 10.2 Å². The van der Waals surface area contributed by atoms with Crippen LogP contribution in [0.4, 0.5) is 5.69 Å². The number of nitrogens with zero attached hydrogens (tertiary/aromatic N) is 1. The molecule has 3 aromatic rings. The highest BCUT2D eigenvalue weighted by molar-refractivity contribution is 9.10. The maximum Gasteiger partial charge on any atom is 0.0651 e. The number of H-pyrrole nitrogens is 1.